The van der Waals surface area contributed by atoms with Crippen molar-refractivity contribution in [3.05, 3.63) is 65.2 Å². The van der Waals surface area contributed by atoms with Gasteiger partial charge in [-0.25, -0.2) is 0 Å². The molecule has 0 saturated heterocycles. The molecule has 0 aliphatic rings. The molecule has 2 rings (SSSR count). The van der Waals surface area contributed by atoms with Crippen LogP contribution in [0, 0.1) is 0 Å². The first-order chi connectivity index (χ1) is 11.4. The van der Waals surface area contributed by atoms with Crippen LogP contribution in [-0.2, 0) is 12.0 Å². The summed E-state index contributed by atoms with van der Waals surface area (Å²) >= 11 is 0. The van der Waals surface area contributed by atoms with Gasteiger partial charge in [-0.15, -0.1) is 0 Å². The van der Waals surface area contributed by atoms with E-state index < -0.39 is 0 Å². The molecule has 2 N–H and O–H groups in total. The molecule has 0 heterocycles. The second kappa shape index (κ2) is 7.97. The SMILES string of the molecule is CC(C)(C)c1ccc(COc2ccc(C(=O)NCCO)cc2)cc1. The van der Waals surface area contributed by atoms with E-state index in [4.69, 9.17) is 9.84 Å². The summed E-state index contributed by atoms with van der Waals surface area (Å²) in [5.41, 5.74) is 3.09. The van der Waals surface area contributed by atoms with Gasteiger partial charge < -0.3 is 15.2 Å². The van der Waals surface area contributed by atoms with E-state index in [1.165, 1.54) is 5.56 Å². The molecule has 0 saturated carbocycles. The Labute approximate surface area is 143 Å². The number of benzene rings is 2. The molecule has 0 unspecified atom stereocenters. The molecule has 2 aromatic carbocycles. The highest BCUT2D eigenvalue weighted by molar-refractivity contribution is 5.94. The number of aliphatic hydroxyl groups is 1. The second-order valence-electron chi connectivity index (χ2n) is 6.74. The van der Waals surface area contributed by atoms with Crippen LogP contribution in [0.15, 0.2) is 48.5 Å². The number of carbonyl (C=O) groups is 1. The van der Waals surface area contributed by atoms with Gasteiger partial charge in [0.25, 0.3) is 5.91 Å². The largest absolute Gasteiger partial charge is 0.489 e. The third-order valence-electron chi connectivity index (χ3n) is 3.74. The van der Waals surface area contributed by atoms with Crippen LogP contribution in [0.4, 0.5) is 0 Å². The van der Waals surface area contributed by atoms with Crippen molar-refractivity contribution in [1.29, 1.82) is 0 Å². The number of rotatable bonds is 6. The lowest BCUT2D eigenvalue weighted by Crippen LogP contribution is -2.26. The highest BCUT2D eigenvalue weighted by atomic mass is 16.5. The van der Waals surface area contributed by atoms with E-state index in [-0.39, 0.29) is 24.5 Å². The van der Waals surface area contributed by atoms with Crippen LogP contribution >= 0.6 is 0 Å². The third kappa shape index (κ3) is 5.10. The summed E-state index contributed by atoms with van der Waals surface area (Å²) < 4.78 is 5.76. The molecule has 0 aliphatic heterocycles. The quantitative estimate of drug-likeness (QED) is 0.856. The van der Waals surface area contributed by atoms with Crippen LogP contribution in [-0.4, -0.2) is 24.2 Å². The minimum absolute atomic E-state index is 0.0685. The van der Waals surface area contributed by atoms with Crippen molar-refractivity contribution in [1.82, 2.24) is 5.32 Å². The van der Waals surface area contributed by atoms with Gasteiger partial charge in [0.2, 0.25) is 0 Å². The minimum atomic E-state index is -0.201. The van der Waals surface area contributed by atoms with Gasteiger partial charge in [-0.2, -0.15) is 0 Å². The molecule has 4 nitrogen and oxygen atoms in total. The molecule has 24 heavy (non-hydrogen) atoms. The van der Waals surface area contributed by atoms with Gasteiger partial charge in [-0.3, -0.25) is 4.79 Å². The number of nitrogens with one attached hydrogen (secondary N) is 1. The van der Waals surface area contributed by atoms with Crippen molar-refractivity contribution < 1.29 is 14.6 Å². The number of ether oxygens (including phenoxy) is 1. The van der Waals surface area contributed by atoms with Gasteiger partial charge in [-0.05, 0) is 40.8 Å². The summed E-state index contributed by atoms with van der Waals surface area (Å²) in [5, 5.41) is 11.3. The van der Waals surface area contributed by atoms with E-state index in [1.54, 1.807) is 24.3 Å². The standard InChI is InChI=1S/C20H25NO3/c1-20(2,3)17-8-4-15(5-9-17)14-24-18-10-6-16(7-11-18)19(23)21-12-13-22/h4-11,22H,12-14H2,1-3H3,(H,21,23). The molecule has 4 heteroatoms. The predicted octanol–water partition coefficient (Wildman–Crippen LogP) is 3.29. The Morgan fingerprint density at radius 2 is 1.67 bits per heavy atom. The van der Waals surface area contributed by atoms with Gasteiger partial charge in [0, 0.05) is 12.1 Å². The zero-order valence-corrected chi connectivity index (χ0v) is 14.5. The molecule has 1 amide bonds. The van der Waals surface area contributed by atoms with Gasteiger partial charge >= 0.3 is 0 Å². The summed E-state index contributed by atoms with van der Waals surface area (Å²) in [6.07, 6.45) is 0. The Morgan fingerprint density at radius 1 is 1.04 bits per heavy atom. The van der Waals surface area contributed by atoms with Crippen molar-refractivity contribution in [2.24, 2.45) is 0 Å². The Balaban J connectivity index is 1.91. The van der Waals surface area contributed by atoms with E-state index in [1.807, 2.05) is 0 Å². The number of amides is 1. The van der Waals surface area contributed by atoms with Crippen molar-refractivity contribution in [3.63, 3.8) is 0 Å². The predicted molar refractivity (Wildman–Crippen MR) is 95.3 cm³/mol. The molecule has 0 fully saturated rings. The number of hydrogen-bond acceptors (Lipinski definition) is 3. The first kappa shape index (κ1) is 18.0. The average Bonchev–Trinajstić information content (AvgIpc) is 2.58. The van der Waals surface area contributed by atoms with E-state index in [0.717, 1.165) is 5.56 Å². The zero-order chi connectivity index (χ0) is 17.6. The molecule has 0 bridgehead atoms. The maximum absolute atomic E-state index is 11.7. The van der Waals surface area contributed by atoms with E-state index in [0.29, 0.717) is 17.9 Å². The monoisotopic (exact) mass is 327 g/mol. The zero-order valence-electron chi connectivity index (χ0n) is 14.5. The van der Waals surface area contributed by atoms with Crippen LogP contribution in [0.1, 0.15) is 42.3 Å². The van der Waals surface area contributed by atoms with Crippen LogP contribution in [0.2, 0.25) is 0 Å². The highest BCUT2D eigenvalue weighted by Gasteiger charge is 2.12. The van der Waals surface area contributed by atoms with Gasteiger partial charge in [0.15, 0.2) is 0 Å². The fourth-order valence-electron chi connectivity index (χ4n) is 2.24. The van der Waals surface area contributed by atoms with Gasteiger partial charge in [0.05, 0.1) is 6.61 Å². The first-order valence-corrected chi connectivity index (χ1v) is 8.11. The lowest BCUT2D eigenvalue weighted by molar-refractivity contribution is 0.0944. The van der Waals surface area contributed by atoms with Crippen molar-refractivity contribution in [2.45, 2.75) is 32.8 Å². The molecule has 0 radical (unpaired) electrons. The van der Waals surface area contributed by atoms with E-state index in [2.05, 4.69) is 50.4 Å². The average molecular weight is 327 g/mol. The van der Waals surface area contributed by atoms with Crippen molar-refractivity contribution in [3.8, 4) is 5.75 Å². The maximum Gasteiger partial charge on any atom is 0.251 e. The number of hydrogen-bond donors (Lipinski definition) is 2. The molecule has 128 valence electrons. The molecule has 0 aliphatic carbocycles. The lowest BCUT2D eigenvalue weighted by atomic mass is 9.87. The van der Waals surface area contributed by atoms with Crippen LogP contribution in [0.25, 0.3) is 0 Å². The molecule has 0 atom stereocenters. The van der Waals surface area contributed by atoms with Crippen molar-refractivity contribution in [2.75, 3.05) is 13.2 Å². The van der Waals surface area contributed by atoms with Crippen LogP contribution in [0.3, 0.4) is 0 Å². The molecular weight excluding hydrogens is 302 g/mol. The van der Waals surface area contributed by atoms with E-state index >= 15 is 0 Å². The fourth-order valence-corrected chi connectivity index (χ4v) is 2.24. The first-order valence-electron chi connectivity index (χ1n) is 8.11. The summed E-state index contributed by atoms with van der Waals surface area (Å²) in [4.78, 5) is 11.7. The summed E-state index contributed by atoms with van der Waals surface area (Å²) in [7, 11) is 0. The Kier molecular flexibility index (Phi) is 5.99. The summed E-state index contributed by atoms with van der Waals surface area (Å²) in [6.45, 7) is 7.24. The normalized spacial score (nSPS) is 11.2. The highest BCUT2D eigenvalue weighted by Crippen LogP contribution is 2.22. The Morgan fingerprint density at radius 3 is 2.21 bits per heavy atom. The topological polar surface area (TPSA) is 58.6 Å². The lowest BCUT2D eigenvalue weighted by Gasteiger charge is -2.19. The minimum Gasteiger partial charge on any atom is -0.489 e. The number of carbonyl (C=O) groups excluding carboxylic acids is 1. The molecule has 2 aromatic rings. The van der Waals surface area contributed by atoms with Crippen LogP contribution < -0.4 is 10.1 Å². The maximum atomic E-state index is 11.7. The summed E-state index contributed by atoms with van der Waals surface area (Å²) in [6, 6.07) is 15.4. The smallest absolute Gasteiger partial charge is 0.251 e. The third-order valence-corrected chi connectivity index (χ3v) is 3.74. The Hall–Kier alpha value is -2.33. The Bertz CT molecular complexity index is 655. The van der Waals surface area contributed by atoms with Gasteiger partial charge in [0.1, 0.15) is 12.4 Å². The fraction of sp³-hybridized carbons (Fsp3) is 0.350. The molecule has 0 aromatic heterocycles. The van der Waals surface area contributed by atoms with Gasteiger partial charge in [-0.1, -0.05) is 45.0 Å². The number of aliphatic hydroxyl groups excluding tert-OH is 1. The van der Waals surface area contributed by atoms with E-state index in [9.17, 15) is 4.79 Å². The summed E-state index contributed by atoms with van der Waals surface area (Å²) in [5.74, 6) is 0.516. The molecular formula is C20H25NO3. The van der Waals surface area contributed by atoms with Crippen LogP contribution in [0.5, 0.6) is 5.75 Å². The van der Waals surface area contributed by atoms with Crippen molar-refractivity contribution >= 4 is 5.91 Å². The molecule has 0 spiro atoms. The second-order valence-corrected chi connectivity index (χ2v) is 6.74.